The lowest BCUT2D eigenvalue weighted by Crippen LogP contribution is -2.18. The maximum atomic E-state index is 6.06. The van der Waals surface area contributed by atoms with Gasteiger partial charge in [0.15, 0.2) is 0 Å². The molecule has 2 rings (SSSR count). The monoisotopic (exact) mass is 343 g/mol. The molecule has 0 aliphatic carbocycles. The Kier molecular flexibility index (Phi) is 4.68. The Morgan fingerprint density at radius 3 is 2.44 bits per heavy atom. The number of hydrogen-bond donors (Lipinski definition) is 1. The van der Waals surface area contributed by atoms with Gasteiger partial charge in [0.05, 0.1) is 6.04 Å². The number of benzene rings is 2. The van der Waals surface area contributed by atoms with Crippen LogP contribution in [-0.4, -0.2) is 7.05 Å². The number of rotatable bonds is 3. The number of halogens is 3. The molecule has 0 saturated carbocycles. The fourth-order valence-electron chi connectivity index (χ4n) is 1.92. The lowest BCUT2D eigenvalue weighted by Gasteiger charge is -2.19. The summed E-state index contributed by atoms with van der Waals surface area (Å²) in [6.07, 6.45) is 0. The van der Waals surface area contributed by atoms with Gasteiger partial charge in [-0.15, -0.1) is 0 Å². The molecule has 0 aliphatic heterocycles. The van der Waals surface area contributed by atoms with Crippen LogP contribution < -0.4 is 5.32 Å². The van der Waals surface area contributed by atoms with Crippen molar-refractivity contribution in [3.05, 3.63) is 68.1 Å². The third-order valence-corrected chi connectivity index (χ3v) is 3.93. The van der Waals surface area contributed by atoms with Gasteiger partial charge >= 0.3 is 0 Å². The van der Waals surface area contributed by atoms with Gasteiger partial charge in [-0.05, 0) is 48.5 Å². The molecule has 2 aromatic rings. The molecule has 0 amide bonds. The highest BCUT2D eigenvalue weighted by Gasteiger charge is 2.15. The lowest BCUT2D eigenvalue weighted by molar-refractivity contribution is 0.689. The summed E-state index contributed by atoms with van der Waals surface area (Å²) >= 11 is 15.7. The largest absolute Gasteiger partial charge is 0.309 e. The third-order valence-electron chi connectivity index (χ3n) is 2.74. The summed E-state index contributed by atoms with van der Waals surface area (Å²) in [6, 6.07) is 13.6. The minimum atomic E-state index is 0.0526. The van der Waals surface area contributed by atoms with Crippen LogP contribution in [0.5, 0.6) is 0 Å². The van der Waals surface area contributed by atoms with E-state index in [1.165, 1.54) is 0 Å². The first-order chi connectivity index (χ1) is 8.61. The van der Waals surface area contributed by atoms with E-state index in [1.54, 1.807) is 0 Å². The van der Waals surface area contributed by atoms with Crippen molar-refractivity contribution >= 4 is 39.1 Å². The van der Waals surface area contributed by atoms with Gasteiger partial charge in [-0.3, -0.25) is 0 Å². The highest BCUT2D eigenvalue weighted by atomic mass is 79.9. The van der Waals surface area contributed by atoms with Crippen LogP contribution in [0.3, 0.4) is 0 Å². The Balaban J connectivity index is 2.48. The van der Waals surface area contributed by atoms with Gasteiger partial charge in [-0.25, -0.2) is 0 Å². The zero-order valence-corrected chi connectivity index (χ0v) is 12.9. The SMILES string of the molecule is CNC(c1cccc(Cl)c1)c1cc(Cl)ccc1Br. The van der Waals surface area contributed by atoms with Crippen LogP contribution in [-0.2, 0) is 0 Å². The summed E-state index contributed by atoms with van der Waals surface area (Å²) in [7, 11) is 1.92. The summed E-state index contributed by atoms with van der Waals surface area (Å²) in [5.74, 6) is 0. The molecule has 0 spiro atoms. The van der Waals surface area contributed by atoms with E-state index in [4.69, 9.17) is 23.2 Å². The lowest BCUT2D eigenvalue weighted by atomic mass is 9.99. The smallest absolute Gasteiger partial charge is 0.0586 e. The second-order valence-corrected chi connectivity index (χ2v) is 5.67. The van der Waals surface area contributed by atoms with Crippen molar-refractivity contribution in [1.29, 1.82) is 0 Å². The third kappa shape index (κ3) is 3.07. The Morgan fingerprint density at radius 2 is 1.78 bits per heavy atom. The zero-order chi connectivity index (χ0) is 13.1. The fraction of sp³-hybridized carbons (Fsp3) is 0.143. The Bertz CT molecular complexity index is 557. The van der Waals surface area contributed by atoms with E-state index in [0.717, 1.165) is 25.6 Å². The average Bonchev–Trinajstić information content (AvgIpc) is 2.35. The van der Waals surface area contributed by atoms with Gasteiger partial charge in [0, 0.05) is 14.5 Å². The second-order valence-electron chi connectivity index (χ2n) is 3.94. The Hall–Kier alpha value is -0.540. The molecule has 0 bridgehead atoms. The molecule has 1 nitrogen and oxygen atoms in total. The van der Waals surface area contributed by atoms with Crippen molar-refractivity contribution in [3.63, 3.8) is 0 Å². The minimum absolute atomic E-state index is 0.0526. The van der Waals surface area contributed by atoms with Gasteiger partial charge in [0.1, 0.15) is 0 Å². The summed E-state index contributed by atoms with van der Waals surface area (Å²) < 4.78 is 1.02. The van der Waals surface area contributed by atoms with Crippen molar-refractivity contribution in [1.82, 2.24) is 5.32 Å². The predicted molar refractivity (Wildman–Crippen MR) is 81.5 cm³/mol. The maximum absolute atomic E-state index is 6.06. The van der Waals surface area contributed by atoms with Gasteiger partial charge in [0.25, 0.3) is 0 Å². The molecular formula is C14H12BrCl2N. The first-order valence-corrected chi connectivity index (χ1v) is 7.04. The molecule has 0 heterocycles. The highest BCUT2D eigenvalue weighted by Crippen LogP contribution is 2.31. The van der Waals surface area contributed by atoms with Gasteiger partial charge in [0.2, 0.25) is 0 Å². The van der Waals surface area contributed by atoms with Crippen molar-refractivity contribution in [3.8, 4) is 0 Å². The van der Waals surface area contributed by atoms with E-state index in [0.29, 0.717) is 0 Å². The number of nitrogens with one attached hydrogen (secondary N) is 1. The first kappa shape index (κ1) is 13.9. The number of hydrogen-bond acceptors (Lipinski definition) is 1. The van der Waals surface area contributed by atoms with Crippen LogP contribution in [0.2, 0.25) is 10.0 Å². The zero-order valence-electron chi connectivity index (χ0n) is 9.75. The van der Waals surface area contributed by atoms with E-state index >= 15 is 0 Å². The molecule has 1 atom stereocenters. The predicted octanol–water partition coefficient (Wildman–Crippen LogP) is 5.06. The van der Waals surface area contributed by atoms with E-state index < -0.39 is 0 Å². The summed E-state index contributed by atoms with van der Waals surface area (Å²) in [4.78, 5) is 0. The summed E-state index contributed by atoms with van der Waals surface area (Å²) in [6.45, 7) is 0. The highest BCUT2D eigenvalue weighted by molar-refractivity contribution is 9.10. The van der Waals surface area contributed by atoms with Gasteiger partial charge < -0.3 is 5.32 Å². The normalized spacial score (nSPS) is 12.4. The molecule has 1 unspecified atom stereocenters. The molecule has 1 N–H and O–H groups in total. The average molecular weight is 345 g/mol. The molecule has 0 saturated heterocycles. The van der Waals surface area contributed by atoms with Gasteiger partial charge in [-0.1, -0.05) is 51.3 Å². The second kappa shape index (κ2) is 6.07. The molecular weight excluding hydrogens is 333 g/mol. The van der Waals surface area contributed by atoms with Crippen LogP contribution in [0.25, 0.3) is 0 Å². The van der Waals surface area contributed by atoms with Crippen LogP contribution >= 0.6 is 39.1 Å². The maximum Gasteiger partial charge on any atom is 0.0586 e. The van der Waals surface area contributed by atoms with Crippen molar-refractivity contribution < 1.29 is 0 Å². The van der Waals surface area contributed by atoms with Crippen molar-refractivity contribution in [2.75, 3.05) is 7.05 Å². The van der Waals surface area contributed by atoms with Crippen LogP contribution in [0.15, 0.2) is 46.9 Å². The van der Waals surface area contributed by atoms with E-state index in [1.807, 2.05) is 49.5 Å². The van der Waals surface area contributed by atoms with Crippen molar-refractivity contribution in [2.24, 2.45) is 0 Å². The Morgan fingerprint density at radius 1 is 1.06 bits per heavy atom. The van der Waals surface area contributed by atoms with E-state index in [2.05, 4.69) is 21.2 Å². The summed E-state index contributed by atoms with van der Waals surface area (Å²) in [5.41, 5.74) is 2.19. The van der Waals surface area contributed by atoms with Crippen LogP contribution in [0.4, 0.5) is 0 Å². The van der Waals surface area contributed by atoms with Crippen molar-refractivity contribution in [2.45, 2.75) is 6.04 Å². The standard InChI is InChI=1S/C14H12BrCl2N/c1-18-14(9-3-2-4-10(16)7-9)12-8-11(17)5-6-13(12)15/h2-8,14,18H,1H3. The van der Waals surface area contributed by atoms with Crippen LogP contribution in [0.1, 0.15) is 17.2 Å². The van der Waals surface area contributed by atoms with E-state index in [-0.39, 0.29) is 6.04 Å². The minimum Gasteiger partial charge on any atom is -0.309 e. The molecule has 0 aliphatic rings. The molecule has 94 valence electrons. The van der Waals surface area contributed by atoms with Crippen LogP contribution in [0, 0.1) is 0 Å². The molecule has 0 fully saturated rings. The molecule has 18 heavy (non-hydrogen) atoms. The molecule has 4 heteroatoms. The Labute approximate surface area is 125 Å². The topological polar surface area (TPSA) is 12.0 Å². The molecule has 0 radical (unpaired) electrons. The van der Waals surface area contributed by atoms with Gasteiger partial charge in [-0.2, -0.15) is 0 Å². The van der Waals surface area contributed by atoms with E-state index in [9.17, 15) is 0 Å². The molecule has 2 aromatic carbocycles. The first-order valence-electron chi connectivity index (χ1n) is 5.49. The summed E-state index contributed by atoms with van der Waals surface area (Å²) in [5, 5.41) is 4.73. The fourth-order valence-corrected chi connectivity index (χ4v) is 2.78. The quantitative estimate of drug-likeness (QED) is 0.820. The molecule has 0 aromatic heterocycles.